The Kier molecular flexibility index (Phi) is 4.26. The maximum atomic E-state index is 5.01. The summed E-state index contributed by atoms with van der Waals surface area (Å²) >= 11 is 4.43. The Hall–Kier alpha value is -0.570. The van der Waals surface area contributed by atoms with Crippen LogP contribution in [0.1, 0.15) is 6.92 Å². The minimum atomic E-state index is 0.100. The van der Waals surface area contributed by atoms with Crippen molar-refractivity contribution in [2.24, 2.45) is 5.73 Å². The fourth-order valence-electron chi connectivity index (χ4n) is 0.226. The van der Waals surface area contributed by atoms with Gasteiger partial charge in [-0.25, -0.2) is 0 Å². The van der Waals surface area contributed by atoms with Crippen molar-refractivity contribution in [3.63, 3.8) is 0 Å². The molecule has 0 spiro atoms. The molecular weight excluding hydrogens is 122 g/mol. The van der Waals surface area contributed by atoms with E-state index in [4.69, 9.17) is 10.5 Å². The third kappa shape index (κ3) is 5.43. The van der Waals surface area contributed by atoms with Gasteiger partial charge >= 0.3 is 0 Å². The topological polar surface area (TPSA) is 35.2 Å². The fraction of sp³-hybridized carbons (Fsp3) is 0.400. The van der Waals surface area contributed by atoms with Crippen molar-refractivity contribution in [1.82, 2.24) is 0 Å². The third-order valence-electron chi connectivity index (χ3n) is 0.558. The summed E-state index contributed by atoms with van der Waals surface area (Å²) in [6, 6.07) is 0. The number of ether oxygens (including phenoxy) is 1. The van der Waals surface area contributed by atoms with E-state index in [-0.39, 0.29) is 5.17 Å². The highest BCUT2D eigenvalue weighted by Crippen LogP contribution is 1.75. The molecule has 0 aliphatic heterocycles. The van der Waals surface area contributed by atoms with Crippen LogP contribution in [-0.2, 0) is 4.74 Å². The van der Waals surface area contributed by atoms with Crippen LogP contribution in [0.25, 0.3) is 0 Å². The normalized spacial score (nSPS) is 9.62. The zero-order valence-electron chi connectivity index (χ0n) is 4.76. The van der Waals surface area contributed by atoms with Crippen molar-refractivity contribution in [3.8, 4) is 0 Å². The summed E-state index contributed by atoms with van der Waals surface area (Å²) in [5.74, 6) is 0. The summed E-state index contributed by atoms with van der Waals surface area (Å²) in [6.07, 6.45) is 3.71. The summed E-state index contributed by atoms with van der Waals surface area (Å²) < 4.78 is 4.70. The van der Waals surface area contributed by atoms with Crippen LogP contribution in [0.15, 0.2) is 12.2 Å². The molecule has 0 aromatic rings. The molecule has 0 bridgehead atoms. The maximum Gasteiger partial charge on any atom is 0.254 e. The summed E-state index contributed by atoms with van der Waals surface area (Å²) in [5, 5.41) is 0.100. The number of nitrogens with two attached hydrogens (primary N) is 1. The molecule has 0 aromatic heterocycles. The highest BCUT2D eigenvalue weighted by molar-refractivity contribution is 7.80. The lowest BCUT2D eigenvalue weighted by atomic mass is 10.6. The minimum Gasteiger partial charge on any atom is -0.467 e. The molecule has 0 aliphatic carbocycles. The number of rotatable bonds is 2. The van der Waals surface area contributed by atoms with Crippen LogP contribution in [0.3, 0.4) is 0 Å². The molecule has 0 unspecified atom stereocenters. The van der Waals surface area contributed by atoms with E-state index in [2.05, 4.69) is 12.2 Å². The van der Waals surface area contributed by atoms with Crippen LogP contribution in [0.2, 0.25) is 0 Å². The predicted molar refractivity (Wildman–Crippen MR) is 37.6 cm³/mol. The first-order valence-corrected chi connectivity index (χ1v) is 2.71. The molecule has 46 valence electrons. The Morgan fingerprint density at radius 1 is 1.88 bits per heavy atom. The van der Waals surface area contributed by atoms with Gasteiger partial charge < -0.3 is 10.5 Å². The number of thiocarbonyl (C=S) groups is 1. The standard InChI is InChI=1S/C5H9NOS/c1-2-3-4-7-5(6)8/h2-3H,4H2,1H3,(H2,6,8). The summed E-state index contributed by atoms with van der Waals surface area (Å²) in [6.45, 7) is 2.38. The van der Waals surface area contributed by atoms with E-state index in [1.807, 2.05) is 19.1 Å². The van der Waals surface area contributed by atoms with Crippen LogP contribution in [-0.4, -0.2) is 11.8 Å². The Labute approximate surface area is 54.3 Å². The van der Waals surface area contributed by atoms with E-state index < -0.39 is 0 Å². The Morgan fingerprint density at radius 3 is 2.88 bits per heavy atom. The molecule has 0 aliphatic rings. The van der Waals surface area contributed by atoms with Crippen LogP contribution in [0, 0.1) is 0 Å². The van der Waals surface area contributed by atoms with Crippen molar-refractivity contribution in [1.29, 1.82) is 0 Å². The molecule has 2 N–H and O–H groups in total. The van der Waals surface area contributed by atoms with Crippen molar-refractivity contribution in [2.45, 2.75) is 6.92 Å². The molecule has 0 atom stereocenters. The van der Waals surface area contributed by atoms with Crippen LogP contribution < -0.4 is 5.73 Å². The zero-order chi connectivity index (χ0) is 6.41. The van der Waals surface area contributed by atoms with Gasteiger partial charge in [0.15, 0.2) is 0 Å². The van der Waals surface area contributed by atoms with E-state index in [0.717, 1.165) is 0 Å². The lowest BCUT2D eigenvalue weighted by molar-refractivity contribution is 0.354. The molecule has 3 heteroatoms. The van der Waals surface area contributed by atoms with Crippen LogP contribution in [0.5, 0.6) is 0 Å². The van der Waals surface area contributed by atoms with Crippen LogP contribution in [0.4, 0.5) is 0 Å². The smallest absolute Gasteiger partial charge is 0.254 e. The molecule has 0 aromatic carbocycles. The second kappa shape index (κ2) is 4.59. The molecule has 0 saturated heterocycles. The Balaban J connectivity index is 3.05. The van der Waals surface area contributed by atoms with Crippen LogP contribution >= 0.6 is 12.2 Å². The first-order valence-electron chi connectivity index (χ1n) is 2.30. The third-order valence-corrected chi connectivity index (χ3v) is 0.675. The van der Waals surface area contributed by atoms with E-state index in [0.29, 0.717) is 6.61 Å². The molecule has 0 rings (SSSR count). The van der Waals surface area contributed by atoms with E-state index in [9.17, 15) is 0 Å². The van der Waals surface area contributed by atoms with Crippen molar-refractivity contribution in [2.75, 3.05) is 6.61 Å². The van der Waals surface area contributed by atoms with Gasteiger partial charge in [0.25, 0.3) is 5.17 Å². The Morgan fingerprint density at radius 2 is 2.50 bits per heavy atom. The first-order chi connectivity index (χ1) is 3.77. The highest BCUT2D eigenvalue weighted by Gasteiger charge is 1.79. The summed E-state index contributed by atoms with van der Waals surface area (Å²) in [4.78, 5) is 0. The average Bonchev–Trinajstić information content (AvgIpc) is 1.66. The molecule has 0 fully saturated rings. The quantitative estimate of drug-likeness (QED) is 0.445. The molecule has 8 heavy (non-hydrogen) atoms. The second-order valence-electron chi connectivity index (χ2n) is 1.20. The second-order valence-corrected chi connectivity index (χ2v) is 1.60. The lowest BCUT2D eigenvalue weighted by Gasteiger charge is -1.95. The average molecular weight is 131 g/mol. The van der Waals surface area contributed by atoms with Gasteiger partial charge in [-0.05, 0) is 19.1 Å². The summed E-state index contributed by atoms with van der Waals surface area (Å²) in [7, 11) is 0. The highest BCUT2D eigenvalue weighted by atomic mass is 32.1. The number of hydrogen-bond acceptors (Lipinski definition) is 2. The van der Waals surface area contributed by atoms with Crippen molar-refractivity contribution >= 4 is 17.4 Å². The SMILES string of the molecule is CC=CCOC(N)=S. The molecule has 0 heterocycles. The lowest BCUT2D eigenvalue weighted by Crippen LogP contribution is -2.12. The van der Waals surface area contributed by atoms with Crippen molar-refractivity contribution in [3.05, 3.63) is 12.2 Å². The van der Waals surface area contributed by atoms with Gasteiger partial charge in [-0.15, -0.1) is 0 Å². The zero-order valence-corrected chi connectivity index (χ0v) is 5.57. The molecule has 0 amide bonds. The molecular formula is C5H9NOS. The van der Waals surface area contributed by atoms with Crippen molar-refractivity contribution < 1.29 is 4.74 Å². The molecule has 2 nitrogen and oxygen atoms in total. The Bertz CT molecular complexity index is 101. The first kappa shape index (κ1) is 7.43. The van der Waals surface area contributed by atoms with E-state index in [1.165, 1.54) is 0 Å². The summed E-state index contributed by atoms with van der Waals surface area (Å²) in [5.41, 5.74) is 5.01. The minimum absolute atomic E-state index is 0.100. The number of allylic oxidation sites excluding steroid dienone is 1. The number of hydrogen-bond donors (Lipinski definition) is 1. The van der Waals surface area contributed by atoms with Gasteiger partial charge in [-0.3, -0.25) is 0 Å². The van der Waals surface area contributed by atoms with Gasteiger partial charge in [0.05, 0.1) is 0 Å². The van der Waals surface area contributed by atoms with Gasteiger partial charge in [0.1, 0.15) is 6.61 Å². The van der Waals surface area contributed by atoms with E-state index >= 15 is 0 Å². The van der Waals surface area contributed by atoms with Gasteiger partial charge in [0, 0.05) is 0 Å². The van der Waals surface area contributed by atoms with Gasteiger partial charge in [-0.2, -0.15) is 0 Å². The fourth-order valence-corrected chi connectivity index (χ4v) is 0.295. The molecule has 0 radical (unpaired) electrons. The monoisotopic (exact) mass is 131 g/mol. The maximum absolute atomic E-state index is 5.01. The van der Waals surface area contributed by atoms with E-state index in [1.54, 1.807) is 0 Å². The molecule has 0 saturated carbocycles. The van der Waals surface area contributed by atoms with Gasteiger partial charge in [0.2, 0.25) is 0 Å². The largest absolute Gasteiger partial charge is 0.467 e. The predicted octanol–water partition coefficient (Wildman–Crippen LogP) is 0.823. The van der Waals surface area contributed by atoms with Gasteiger partial charge in [-0.1, -0.05) is 12.2 Å².